The van der Waals surface area contributed by atoms with Crippen LogP contribution in [0.3, 0.4) is 0 Å². The maximum absolute atomic E-state index is 12.7. The van der Waals surface area contributed by atoms with Crippen molar-refractivity contribution in [1.29, 1.82) is 0 Å². The van der Waals surface area contributed by atoms with E-state index >= 15 is 0 Å². The summed E-state index contributed by atoms with van der Waals surface area (Å²) in [5.41, 5.74) is 2.78. The molecule has 1 aromatic heterocycles. The van der Waals surface area contributed by atoms with Gasteiger partial charge >= 0.3 is 12.0 Å². The van der Waals surface area contributed by atoms with Gasteiger partial charge in [-0.25, -0.2) is 9.59 Å². The second-order valence-electron chi connectivity index (χ2n) is 7.87. The second kappa shape index (κ2) is 9.27. The van der Waals surface area contributed by atoms with Gasteiger partial charge in [-0.3, -0.25) is 9.69 Å². The van der Waals surface area contributed by atoms with Crippen LogP contribution >= 0.6 is 0 Å². The molecule has 4 rings (SSSR count). The van der Waals surface area contributed by atoms with Crippen molar-refractivity contribution in [2.75, 3.05) is 39.8 Å². The summed E-state index contributed by atoms with van der Waals surface area (Å²) < 4.78 is 10.2. The molecule has 1 atom stereocenters. The van der Waals surface area contributed by atoms with Crippen molar-refractivity contribution in [1.82, 2.24) is 20.4 Å². The number of nitrogens with zero attached hydrogens (tertiary/aromatic N) is 2. The van der Waals surface area contributed by atoms with Gasteiger partial charge in [-0.15, -0.1) is 0 Å². The minimum atomic E-state index is -0.603. The summed E-state index contributed by atoms with van der Waals surface area (Å²) in [5.74, 6) is -0.316. The number of carbonyl (C=O) groups excluding carboxylic acids is 3. The first-order valence-corrected chi connectivity index (χ1v) is 10.5. The lowest BCUT2D eigenvalue weighted by Crippen LogP contribution is -2.52. The number of hydrogen-bond donors (Lipinski definition) is 2. The number of amides is 3. The molecular formula is C23H26N4O5. The van der Waals surface area contributed by atoms with E-state index < -0.39 is 12.0 Å². The van der Waals surface area contributed by atoms with E-state index in [1.54, 1.807) is 17.0 Å². The highest BCUT2D eigenvalue weighted by molar-refractivity contribution is 5.95. The molecule has 0 radical (unpaired) electrons. The van der Waals surface area contributed by atoms with Crippen LogP contribution < -0.4 is 10.6 Å². The van der Waals surface area contributed by atoms with Crippen molar-refractivity contribution in [2.45, 2.75) is 13.0 Å². The predicted molar refractivity (Wildman–Crippen MR) is 116 cm³/mol. The Morgan fingerprint density at radius 2 is 1.84 bits per heavy atom. The van der Waals surface area contributed by atoms with Crippen molar-refractivity contribution in [3.05, 3.63) is 70.8 Å². The number of rotatable bonds is 5. The third-order valence-corrected chi connectivity index (χ3v) is 5.74. The third kappa shape index (κ3) is 4.52. The van der Waals surface area contributed by atoms with Gasteiger partial charge in [0.1, 0.15) is 0 Å². The summed E-state index contributed by atoms with van der Waals surface area (Å²) in [5, 5.41) is 5.62. The summed E-state index contributed by atoms with van der Waals surface area (Å²) in [6.45, 7) is 4.58. The molecule has 0 bridgehead atoms. The number of piperazine rings is 1. The normalized spacial score (nSPS) is 19.4. The van der Waals surface area contributed by atoms with Gasteiger partial charge in [-0.1, -0.05) is 29.8 Å². The Labute approximate surface area is 186 Å². The van der Waals surface area contributed by atoms with Crippen molar-refractivity contribution < 1.29 is 23.5 Å². The fourth-order valence-electron chi connectivity index (χ4n) is 3.99. The van der Waals surface area contributed by atoms with Gasteiger partial charge in [0.25, 0.3) is 5.91 Å². The van der Waals surface area contributed by atoms with Crippen LogP contribution in [0.5, 0.6) is 0 Å². The first-order chi connectivity index (χ1) is 15.5. The molecule has 0 unspecified atom stereocenters. The topological polar surface area (TPSA) is 104 Å². The maximum Gasteiger partial charge on any atom is 0.338 e. The van der Waals surface area contributed by atoms with Crippen LogP contribution in [-0.2, 0) is 9.53 Å². The van der Waals surface area contributed by atoms with Crippen LogP contribution in [0.25, 0.3) is 0 Å². The molecule has 2 N–H and O–H groups in total. The molecule has 1 saturated heterocycles. The van der Waals surface area contributed by atoms with Crippen molar-refractivity contribution >= 4 is 17.9 Å². The molecule has 9 nitrogen and oxygen atoms in total. The molecule has 3 amide bonds. The summed E-state index contributed by atoms with van der Waals surface area (Å²) in [7, 11) is 1.33. The van der Waals surface area contributed by atoms with Crippen LogP contribution in [0.15, 0.2) is 58.3 Å². The largest absolute Gasteiger partial charge is 0.466 e. The highest BCUT2D eigenvalue weighted by Crippen LogP contribution is 2.28. The van der Waals surface area contributed by atoms with E-state index in [2.05, 4.69) is 15.5 Å². The first-order valence-electron chi connectivity index (χ1n) is 10.5. The molecule has 3 heterocycles. The molecular weight excluding hydrogens is 412 g/mol. The quantitative estimate of drug-likeness (QED) is 0.691. The van der Waals surface area contributed by atoms with E-state index in [4.69, 9.17) is 9.15 Å². The smallest absolute Gasteiger partial charge is 0.338 e. The molecule has 1 fully saturated rings. The van der Waals surface area contributed by atoms with E-state index in [-0.39, 0.29) is 11.9 Å². The van der Waals surface area contributed by atoms with Crippen molar-refractivity contribution in [3.63, 3.8) is 0 Å². The summed E-state index contributed by atoms with van der Waals surface area (Å²) >= 11 is 0. The average Bonchev–Trinajstić information content (AvgIpc) is 3.34. The SMILES string of the molecule is COC(=O)C1=C(CN2CCN(C(=O)c3ccco3)CC2)NC(=O)N[C@H]1c1ccc(C)cc1. The molecule has 32 heavy (non-hydrogen) atoms. The zero-order valence-electron chi connectivity index (χ0n) is 18.1. The highest BCUT2D eigenvalue weighted by Gasteiger charge is 2.34. The molecule has 2 aliphatic rings. The lowest BCUT2D eigenvalue weighted by Gasteiger charge is -2.36. The number of carbonyl (C=O) groups is 3. The molecule has 2 aliphatic heterocycles. The highest BCUT2D eigenvalue weighted by atomic mass is 16.5. The molecule has 0 aliphatic carbocycles. The van der Waals surface area contributed by atoms with Gasteiger partial charge in [0, 0.05) is 38.4 Å². The van der Waals surface area contributed by atoms with Gasteiger partial charge in [0.05, 0.1) is 25.0 Å². The number of esters is 1. The predicted octanol–water partition coefficient (Wildman–Crippen LogP) is 1.83. The van der Waals surface area contributed by atoms with E-state index in [9.17, 15) is 14.4 Å². The molecule has 1 aromatic carbocycles. The standard InChI is InChI=1S/C23H26N4O5/c1-15-5-7-16(8-6-15)20-19(22(29)31-2)17(24-23(30)25-20)14-26-9-11-27(12-10-26)21(28)18-4-3-13-32-18/h3-8,13,20H,9-12,14H2,1-2H3,(H2,24,25,30)/t20-/m0/s1. The van der Waals surface area contributed by atoms with Crippen LogP contribution in [0.1, 0.15) is 27.7 Å². The minimum absolute atomic E-state index is 0.140. The average molecular weight is 438 g/mol. The van der Waals surface area contributed by atoms with Crippen molar-refractivity contribution in [3.8, 4) is 0 Å². The zero-order valence-corrected chi connectivity index (χ0v) is 18.1. The summed E-state index contributed by atoms with van der Waals surface area (Å²) in [4.78, 5) is 41.4. The number of methoxy groups -OCH3 is 1. The maximum atomic E-state index is 12.7. The third-order valence-electron chi connectivity index (χ3n) is 5.74. The minimum Gasteiger partial charge on any atom is -0.466 e. The van der Waals surface area contributed by atoms with Crippen LogP contribution in [0.4, 0.5) is 4.79 Å². The summed E-state index contributed by atoms with van der Waals surface area (Å²) in [6, 6.07) is 10.0. The van der Waals surface area contributed by atoms with Crippen molar-refractivity contribution in [2.24, 2.45) is 0 Å². The van der Waals surface area contributed by atoms with Gasteiger partial charge in [0.2, 0.25) is 0 Å². The number of aryl methyl sites for hydroxylation is 1. The van der Waals surface area contributed by atoms with Crippen LogP contribution in [-0.4, -0.2) is 67.5 Å². The number of ether oxygens (including phenoxy) is 1. The monoisotopic (exact) mass is 438 g/mol. The Morgan fingerprint density at radius 1 is 1.12 bits per heavy atom. The van der Waals surface area contributed by atoms with E-state index in [0.717, 1.165) is 11.1 Å². The fourth-order valence-corrected chi connectivity index (χ4v) is 3.99. The van der Waals surface area contributed by atoms with E-state index in [1.165, 1.54) is 13.4 Å². The number of hydrogen-bond acceptors (Lipinski definition) is 6. The Bertz CT molecular complexity index is 1020. The van der Waals surface area contributed by atoms with Gasteiger partial charge in [-0.05, 0) is 24.6 Å². The Balaban J connectivity index is 1.52. The van der Waals surface area contributed by atoms with Gasteiger partial charge in [0.15, 0.2) is 5.76 Å². The van der Waals surface area contributed by atoms with Crippen LogP contribution in [0, 0.1) is 6.92 Å². The lowest BCUT2D eigenvalue weighted by molar-refractivity contribution is -0.136. The molecule has 0 spiro atoms. The molecule has 168 valence electrons. The zero-order chi connectivity index (χ0) is 22.7. The number of benzene rings is 1. The van der Waals surface area contributed by atoms with Gasteiger partial charge in [-0.2, -0.15) is 0 Å². The number of urea groups is 1. The molecule has 0 saturated carbocycles. The molecule has 9 heteroatoms. The van der Waals surface area contributed by atoms with E-state index in [0.29, 0.717) is 49.8 Å². The Kier molecular flexibility index (Phi) is 6.27. The lowest BCUT2D eigenvalue weighted by atomic mass is 9.94. The van der Waals surface area contributed by atoms with Crippen LogP contribution in [0.2, 0.25) is 0 Å². The second-order valence-corrected chi connectivity index (χ2v) is 7.87. The first kappa shape index (κ1) is 21.6. The fraction of sp³-hybridized carbons (Fsp3) is 0.348. The number of nitrogens with one attached hydrogen (secondary N) is 2. The Hall–Kier alpha value is -3.59. The van der Waals surface area contributed by atoms with Gasteiger partial charge < -0.3 is 24.7 Å². The Morgan fingerprint density at radius 3 is 2.47 bits per heavy atom. The molecule has 2 aromatic rings. The number of furan rings is 1. The van der Waals surface area contributed by atoms with E-state index in [1.807, 2.05) is 31.2 Å². The summed E-state index contributed by atoms with van der Waals surface area (Å²) in [6.07, 6.45) is 1.48.